The van der Waals surface area contributed by atoms with Crippen LogP contribution in [0.5, 0.6) is 0 Å². The lowest BCUT2D eigenvalue weighted by Gasteiger charge is -2.36. The van der Waals surface area contributed by atoms with Crippen molar-refractivity contribution in [2.24, 2.45) is 5.92 Å². The van der Waals surface area contributed by atoms with Gasteiger partial charge in [0.05, 0.1) is 16.6 Å². The summed E-state index contributed by atoms with van der Waals surface area (Å²) in [5.74, 6) is 1.41. The first-order chi connectivity index (χ1) is 9.70. The van der Waals surface area contributed by atoms with Crippen LogP contribution in [0, 0.1) is 5.92 Å². The van der Waals surface area contributed by atoms with E-state index < -0.39 is 0 Å². The van der Waals surface area contributed by atoms with Crippen molar-refractivity contribution in [1.29, 1.82) is 0 Å². The summed E-state index contributed by atoms with van der Waals surface area (Å²) in [6, 6.07) is 0.812. The van der Waals surface area contributed by atoms with Gasteiger partial charge in [0.2, 0.25) is 0 Å². The molecule has 2 rings (SSSR count). The van der Waals surface area contributed by atoms with E-state index in [9.17, 15) is 0 Å². The first-order valence-corrected chi connectivity index (χ1v) is 9.31. The third kappa shape index (κ3) is 4.71. The Balaban J connectivity index is 1.64. The van der Waals surface area contributed by atoms with Crippen LogP contribution in [0.3, 0.4) is 0 Å². The van der Waals surface area contributed by atoms with Crippen molar-refractivity contribution in [2.45, 2.75) is 63.8 Å². The molecule has 1 heterocycles. The summed E-state index contributed by atoms with van der Waals surface area (Å²) < 4.78 is 0. The maximum absolute atomic E-state index is 5.78. The van der Waals surface area contributed by atoms with Crippen LogP contribution in [0.2, 0.25) is 0 Å². The number of alkyl halides is 1. The number of hydrogen-bond donors (Lipinski definition) is 0. The van der Waals surface area contributed by atoms with Crippen molar-refractivity contribution >= 4 is 22.9 Å². The van der Waals surface area contributed by atoms with E-state index in [0.717, 1.165) is 24.1 Å². The zero-order chi connectivity index (χ0) is 14.4. The third-order valence-electron chi connectivity index (χ3n) is 4.52. The fourth-order valence-electron chi connectivity index (χ4n) is 3.28. The molecule has 114 valence electrons. The van der Waals surface area contributed by atoms with Crippen LogP contribution in [-0.2, 0) is 12.3 Å². The fourth-order valence-corrected chi connectivity index (χ4v) is 4.35. The predicted molar refractivity (Wildman–Crippen MR) is 88.7 cm³/mol. The number of aryl methyl sites for hydroxylation is 1. The van der Waals surface area contributed by atoms with Crippen LogP contribution in [0.4, 0.5) is 0 Å². The molecule has 0 saturated heterocycles. The first-order valence-electron chi connectivity index (χ1n) is 7.90. The van der Waals surface area contributed by atoms with Gasteiger partial charge in [0.1, 0.15) is 0 Å². The van der Waals surface area contributed by atoms with Gasteiger partial charge in [-0.3, -0.25) is 0 Å². The molecule has 0 bridgehead atoms. The topological polar surface area (TPSA) is 16.1 Å². The molecule has 0 aliphatic heterocycles. The highest BCUT2D eigenvalue weighted by Gasteiger charge is 2.24. The van der Waals surface area contributed by atoms with Crippen LogP contribution in [0.15, 0.2) is 5.38 Å². The molecule has 1 aromatic rings. The Kier molecular flexibility index (Phi) is 6.79. The van der Waals surface area contributed by atoms with Crippen LogP contribution in [-0.4, -0.2) is 29.5 Å². The molecule has 1 aliphatic carbocycles. The molecule has 1 aromatic heterocycles. The van der Waals surface area contributed by atoms with Gasteiger partial charge in [-0.05, 0) is 51.6 Å². The van der Waals surface area contributed by atoms with Gasteiger partial charge in [0.25, 0.3) is 0 Å². The highest BCUT2D eigenvalue weighted by Crippen LogP contribution is 2.27. The zero-order valence-corrected chi connectivity index (χ0v) is 14.3. The SMILES string of the molecule is CC1CCCCC1N(C)CCCCc1nc(CCl)cs1. The molecule has 2 atom stereocenters. The highest BCUT2D eigenvalue weighted by molar-refractivity contribution is 7.09. The lowest BCUT2D eigenvalue weighted by molar-refractivity contribution is 0.137. The molecule has 1 saturated carbocycles. The van der Waals surface area contributed by atoms with Gasteiger partial charge in [-0.25, -0.2) is 4.98 Å². The van der Waals surface area contributed by atoms with Gasteiger partial charge < -0.3 is 4.90 Å². The largest absolute Gasteiger partial charge is 0.303 e. The van der Waals surface area contributed by atoms with E-state index in [1.54, 1.807) is 11.3 Å². The van der Waals surface area contributed by atoms with Crippen LogP contribution in [0.1, 0.15) is 56.2 Å². The molecule has 1 aliphatic rings. The van der Waals surface area contributed by atoms with Crippen molar-refractivity contribution in [3.05, 3.63) is 16.1 Å². The molecular weight excluding hydrogens is 288 g/mol. The molecule has 0 spiro atoms. The highest BCUT2D eigenvalue weighted by atomic mass is 35.5. The molecule has 1 fully saturated rings. The molecule has 0 radical (unpaired) electrons. The summed E-state index contributed by atoms with van der Waals surface area (Å²) in [7, 11) is 2.31. The Morgan fingerprint density at radius 2 is 2.15 bits per heavy atom. The van der Waals surface area contributed by atoms with Crippen molar-refractivity contribution in [3.63, 3.8) is 0 Å². The van der Waals surface area contributed by atoms with Crippen molar-refractivity contribution in [3.8, 4) is 0 Å². The summed E-state index contributed by atoms with van der Waals surface area (Å²) in [6.07, 6.45) is 9.27. The number of hydrogen-bond acceptors (Lipinski definition) is 3. The molecule has 2 unspecified atom stereocenters. The van der Waals surface area contributed by atoms with E-state index in [2.05, 4.69) is 29.2 Å². The third-order valence-corrected chi connectivity index (χ3v) is 5.75. The summed E-state index contributed by atoms with van der Waals surface area (Å²) >= 11 is 7.53. The Labute approximate surface area is 132 Å². The average Bonchev–Trinajstić information content (AvgIpc) is 2.92. The Morgan fingerprint density at radius 3 is 2.85 bits per heavy atom. The molecule has 20 heavy (non-hydrogen) atoms. The minimum absolute atomic E-state index is 0.540. The second-order valence-corrected chi connectivity index (χ2v) is 7.34. The number of nitrogens with zero attached hydrogens (tertiary/aromatic N) is 2. The van der Waals surface area contributed by atoms with Crippen LogP contribution < -0.4 is 0 Å². The standard InChI is InChI=1S/C16H27ClN2S/c1-13-7-3-4-8-15(13)19(2)10-6-5-9-16-18-14(11-17)12-20-16/h12-13,15H,3-11H2,1-2H3. The van der Waals surface area contributed by atoms with Crippen molar-refractivity contribution < 1.29 is 0 Å². The van der Waals surface area contributed by atoms with Gasteiger partial charge in [-0.15, -0.1) is 22.9 Å². The molecule has 0 amide bonds. The van der Waals surface area contributed by atoms with Gasteiger partial charge in [0, 0.05) is 11.4 Å². The average molecular weight is 315 g/mol. The monoisotopic (exact) mass is 314 g/mol. The van der Waals surface area contributed by atoms with E-state index in [-0.39, 0.29) is 0 Å². The number of unbranched alkanes of at least 4 members (excludes halogenated alkanes) is 1. The summed E-state index contributed by atoms with van der Waals surface area (Å²) in [4.78, 5) is 7.11. The van der Waals surface area contributed by atoms with E-state index in [1.807, 2.05) is 0 Å². The number of thiazole rings is 1. The molecule has 2 nitrogen and oxygen atoms in total. The van der Waals surface area contributed by atoms with Gasteiger partial charge in [-0.1, -0.05) is 19.8 Å². The Morgan fingerprint density at radius 1 is 1.35 bits per heavy atom. The van der Waals surface area contributed by atoms with E-state index in [4.69, 9.17) is 11.6 Å². The summed E-state index contributed by atoms with van der Waals surface area (Å²) in [5.41, 5.74) is 1.03. The zero-order valence-electron chi connectivity index (χ0n) is 12.8. The fraction of sp³-hybridized carbons (Fsp3) is 0.812. The first kappa shape index (κ1) is 16.3. The molecule has 0 aromatic carbocycles. The van der Waals surface area contributed by atoms with Gasteiger partial charge in [0.15, 0.2) is 0 Å². The van der Waals surface area contributed by atoms with E-state index in [1.165, 1.54) is 50.1 Å². The quantitative estimate of drug-likeness (QED) is 0.535. The lowest BCUT2D eigenvalue weighted by atomic mass is 9.85. The van der Waals surface area contributed by atoms with Gasteiger partial charge >= 0.3 is 0 Å². The Hall–Kier alpha value is -0.120. The van der Waals surface area contributed by atoms with Crippen LogP contribution >= 0.6 is 22.9 Å². The second kappa shape index (κ2) is 8.35. The number of halogens is 1. The van der Waals surface area contributed by atoms with Gasteiger partial charge in [-0.2, -0.15) is 0 Å². The van der Waals surface area contributed by atoms with E-state index >= 15 is 0 Å². The smallest absolute Gasteiger partial charge is 0.0928 e. The van der Waals surface area contributed by atoms with Crippen LogP contribution in [0.25, 0.3) is 0 Å². The van der Waals surface area contributed by atoms with Crippen molar-refractivity contribution in [2.75, 3.05) is 13.6 Å². The predicted octanol–water partition coefficient (Wildman–Crippen LogP) is 4.72. The molecular formula is C16H27ClN2S. The minimum Gasteiger partial charge on any atom is -0.303 e. The number of aromatic nitrogens is 1. The summed E-state index contributed by atoms with van der Waals surface area (Å²) in [5, 5.41) is 3.33. The molecule has 0 N–H and O–H groups in total. The Bertz CT molecular complexity index is 394. The second-order valence-electron chi connectivity index (χ2n) is 6.13. The van der Waals surface area contributed by atoms with E-state index in [0.29, 0.717) is 5.88 Å². The number of rotatable bonds is 7. The molecule has 4 heteroatoms. The summed E-state index contributed by atoms with van der Waals surface area (Å²) in [6.45, 7) is 3.65. The van der Waals surface area contributed by atoms with Crippen molar-refractivity contribution in [1.82, 2.24) is 9.88 Å². The lowest BCUT2D eigenvalue weighted by Crippen LogP contribution is -2.39. The minimum atomic E-state index is 0.540. The maximum atomic E-state index is 5.78. The maximum Gasteiger partial charge on any atom is 0.0928 e. The normalized spacial score (nSPS) is 23.4.